The highest BCUT2D eigenvalue weighted by Crippen LogP contribution is 2.33. The largest absolute Gasteiger partial charge is 0.433 e. The number of hydrogen-bond acceptors (Lipinski definition) is 4. The minimum atomic E-state index is -4.62. The van der Waals surface area contributed by atoms with Crippen molar-refractivity contribution in [2.45, 2.75) is 49.7 Å². The number of thioether (sulfide) groups is 1. The number of halogens is 3. The molecule has 2 atom stereocenters. The second-order valence-corrected chi connectivity index (χ2v) is 8.77. The molecule has 1 aromatic heterocycles. The number of nitrogens with one attached hydrogen (secondary N) is 1. The number of hydrogen-bond donors (Lipinski definition) is 1. The standard InChI is InChI=1S/C24H24F3N3OS/c1-4-15(2)17-10-12-19(13-11-17)28-22(31)16(3)32-23-29-20(18-8-6-5-7-9-18)14-21(30-23)24(25,26)27/h5-16H,4H2,1-3H3,(H,28,31). The average Bonchev–Trinajstić information content (AvgIpc) is 2.78. The van der Waals surface area contributed by atoms with Crippen LogP contribution in [0, 0.1) is 0 Å². The summed E-state index contributed by atoms with van der Waals surface area (Å²) in [5.41, 5.74) is 1.47. The molecule has 0 aliphatic rings. The third kappa shape index (κ3) is 6.09. The molecule has 32 heavy (non-hydrogen) atoms. The first-order valence-electron chi connectivity index (χ1n) is 10.3. The molecule has 8 heteroatoms. The molecule has 0 spiro atoms. The van der Waals surface area contributed by atoms with E-state index in [1.165, 1.54) is 5.56 Å². The smallest absolute Gasteiger partial charge is 0.325 e. The van der Waals surface area contributed by atoms with Crippen molar-refractivity contribution in [2.75, 3.05) is 5.32 Å². The van der Waals surface area contributed by atoms with Gasteiger partial charge in [-0.25, -0.2) is 9.97 Å². The Labute approximate surface area is 189 Å². The lowest BCUT2D eigenvalue weighted by atomic mass is 9.99. The van der Waals surface area contributed by atoms with Gasteiger partial charge in [0.1, 0.15) is 5.69 Å². The highest BCUT2D eigenvalue weighted by molar-refractivity contribution is 8.00. The molecule has 1 heterocycles. The Hall–Kier alpha value is -2.87. The number of anilines is 1. The molecule has 1 N–H and O–H groups in total. The lowest BCUT2D eigenvalue weighted by molar-refractivity contribution is -0.141. The van der Waals surface area contributed by atoms with Gasteiger partial charge in [-0.05, 0) is 43.0 Å². The van der Waals surface area contributed by atoms with Gasteiger partial charge in [0.25, 0.3) is 0 Å². The SMILES string of the molecule is CCC(C)c1ccc(NC(=O)C(C)Sc2nc(-c3ccccc3)cc(C(F)(F)F)n2)cc1. The zero-order valence-electron chi connectivity index (χ0n) is 18.0. The molecular formula is C24H24F3N3OS. The van der Waals surface area contributed by atoms with Crippen LogP contribution in [0.2, 0.25) is 0 Å². The van der Waals surface area contributed by atoms with Gasteiger partial charge in [0, 0.05) is 11.3 Å². The first-order valence-corrected chi connectivity index (χ1v) is 11.1. The Balaban J connectivity index is 1.77. The lowest BCUT2D eigenvalue weighted by Gasteiger charge is -2.14. The first-order chi connectivity index (χ1) is 15.2. The first kappa shape index (κ1) is 23.8. The Bertz CT molecular complexity index is 1060. The molecular weight excluding hydrogens is 435 g/mol. The van der Waals surface area contributed by atoms with Crippen LogP contribution in [0.15, 0.2) is 65.8 Å². The number of rotatable bonds is 7. The van der Waals surface area contributed by atoms with Crippen LogP contribution in [0.4, 0.5) is 18.9 Å². The maximum absolute atomic E-state index is 13.4. The van der Waals surface area contributed by atoms with Crippen LogP contribution >= 0.6 is 11.8 Å². The topological polar surface area (TPSA) is 54.9 Å². The molecule has 3 aromatic rings. The average molecular weight is 460 g/mol. The van der Waals surface area contributed by atoms with Crippen molar-refractivity contribution in [3.63, 3.8) is 0 Å². The molecule has 0 fully saturated rings. The summed E-state index contributed by atoms with van der Waals surface area (Å²) < 4.78 is 40.1. The number of carbonyl (C=O) groups excluding carboxylic acids is 1. The summed E-state index contributed by atoms with van der Waals surface area (Å²) in [6.45, 7) is 5.85. The highest BCUT2D eigenvalue weighted by atomic mass is 32.2. The molecule has 0 bridgehead atoms. The van der Waals surface area contributed by atoms with Gasteiger partial charge < -0.3 is 5.32 Å². The molecule has 2 aromatic carbocycles. The third-order valence-corrected chi connectivity index (χ3v) is 6.04. The summed E-state index contributed by atoms with van der Waals surface area (Å²) >= 11 is 0.887. The maximum Gasteiger partial charge on any atom is 0.433 e. The van der Waals surface area contributed by atoms with Gasteiger partial charge in [0.2, 0.25) is 5.91 Å². The van der Waals surface area contributed by atoms with E-state index in [0.29, 0.717) is 17.2 Å². The van der Waals surface area contributed by atoms with Crippen LogP contribution in [0.25, 0.3) is 11.3 Å². The second kappa shape index (κ2) is 10.2. The Morgan fingerprint density at radius 2 is 1.69 bits per heavy atom. The van der Waals surface area contributed by atoms with E-state index in [0.717, 1.165) is 24.2 Å². The summed E-state index contributed by atoms with van der Waals surface area (Å²) in [6, 6.07) is 17.1. The third-order valence-electron chi connectivity index (χ3n) is 5.08. The van der Waals surface area contributed by atoms with Crippen molar-refractivity contribution in [1.82, 2.24) is 9.97 Å². The number of carbonyl (C=O) groups is 1. The number of aromatic nitrogens is 2. The monoisotopic (exact) mass is 459 g/mol. The number of benzene rings is 2. The molecule has 0 radical (unpaired) electrons. The molecule has 168 valence electrons. The van der Waals surface area contributed by atoms with E-state index in [4.69, 9.17) is 0 Å². The van der Waals surface area contributed by atoms with Crippen molar-refractivity contribution in [2.24, 2.45) is 0 Å². The fourth-order valence-corrected chi connectivity index (χ4v) is 3.75. The Kier molecular flexibility index (Phi) is 7.56. The number of alkyl halides is 3. The molecule has 0 aliphatic heterocycles. The van der Waals surface area contributed by atoms with Crippen LogP contribution in [-0.4, -0.2) is 21.1 Å². The fourth-order valence-electron chi connectivity index (χ4n) is 2.97. The summed E-state index contributed by atoms with van der Waals surface area (Å²) in [7, 11) is 0. The van der Waals surface area contributed by atoms with E-state index < -0.39 is 17.1 Å². The number of nitrogens with zero attached hydrogens (tertiary/aromatic N) is 2. The minimum Gasteiger partial charge on any atom is -0.325 e. The fraction of sp³-hybridized carbons (Fsp3) is 0.292. The zero-order valence-corrected chi connectivity index (χ0v) is 18.8. The van der Waals surface area contributed by atoms with E-state index in [9.17, 15) is 18.0 Å². The van der Waals surface area contributed by atoms with E-state index in [1.54, 1.807) is 37.3 Å². The zero-order chi connectivity index (χ0) is 23.3. The van der Waals surface area contributed by atoms with Crippen molar-refractivity contribution in [3.8, 4) is 11.3 Å². The Morgan fingerprint density at radius 1 is 1.03 bits per heavy atom. The van der Waals surface area contributed by atoms with Crippen molar-refractivity contribution >= 4 is 23.4 Å². The molecule has 0 saturated heterocycles. The maximum atomic E-state index is 13.4. The summed E-state index contributed by atoms with van der Waals surface area (Å²) in [6.07, 6.45) is -3.61. The van der Waals surface area contributed by atoms with Crippen LogP contribution in [-0.2, 0) is 11.0 Å². The van der Waals surface area contributed by atoms with Gasteiger partial charge in [-0.2, -0.15) is 13.2 Å². The van der Waals surface area contributed by atoms with Crippen molar-refractivity contribution in [1.29, 1.82) is 0 Å². The summed E-state index contributed by atoms with van der Waals surface area (Å²) in [5, 5.41) is 2.00. The Morgan fingerprint density at radius 3 is 2.28 bits per heavy atom. The van der Waals surface area contributed by atoms with Gasteiger partial charge in [-0.3, -0.25) is 4.79 Å². The van der Waals surface area contributed by atoms with Crippen LogP contribution in [0.1, 0.15) is 44.4 Å². The molecule has 3 rings (SSSR count). The van der Waals surface area contributed by atoms with E-state index in [-0.39, 0.29) is 16.8 Å². The van der Waals surface area contributed by atoms with E-state index in [2.05, 4.69) is 29.1 Å². The van der Waals surface area contributed by atoms with Crippen LogP contribution < -0.4 is 5.32 Å². The van der Waals surface area contributed by atoms with Gasteiger partial charge >= 0.3 is 6.18 Å². The predicted octanol–water partition coefficient (Wildman–Crippen LogP) is 6.80. The summed E-state index contributed by atoms with van der Waals surface area (Å²) in [4.78, 5) is 20.5. The molecule has 2 unspecified atom stereocenters. The van der Waals surface area contributed by atoms with E-state index >= 15 is 0 Å². The lowest BCUT2D eigenvalue weighted by Crippen LogP contribution is -2.23. The quantitative estimate of drug-likeness (QED) is 0.312. The predicted molar refractivity (Wildman–Crippen MR) is 122 cm³/mol. The van der Waals surface area contributed by atoms with Crippen molar-refractivity contribution in [3.05, 3.63) is 71.9 Å². The normalized spacial score (nSPS) is 13.4. The van der Waals surface area contributed by atoms with Crippen LogP contribution in [0.5, 0.6) is 0 Å². The minimum absolute atomic E-state index is 0.103. The number of amides is 1. The molecule has 0 aliphatic carbocycles. The van der Waals surface area contributed by atoms with Gasteiger partial charge in [-0.15, -0.1) is 0 Å². The van der Waals surface area contributed by atoms with Crippen molar-refractivity contribution < 1.29 is 18.0 Å². The van der Waals surface area contributed by atoms with E-state index in [1.807, 2.05) is 24.3 Å². The highest BCUT2D eigenvalue weighted by Gasteiger charge is 2.34. The summed E-state index contributed by atoms with van der Waals surface area (Å²) in [5.74, 6) is 0.0830. The van der Waals surface area contributed by atoms with Gasteiger partial charge in [0.05, 0.1) is 10.9 Å². The van der Waals surface area contributed by atoms with Crippen LogP contribution in [0.3, 0.4) is 0 Å². The second-order valence-electron chi connectivity index (χ2n) is 7.47. The molecule has 0 saturated carbocycles. The molecule has 1 amide bonds. The molecule has 4 nitrogen and oxygen atoms in total. The van der Waals surface area contributed by atoms with Gasteiger partial charge in [-0.1, -0.05) is 68.1 Å². The van der Waals surface area contributed by atoms with Gasteiger partial charge in [0.15, 0.2) is 5.16 Å².